The van der Waals surface area contributed by atoms with Crippen LogP contribution in [-0.2, 0) is 20.9 Å². The van der Waals surface area contributed by atoms with E-state index in [-0.39, 0.29) is 17.0 Å². The van der Waals surface area contributed by atoms with Gasteiger partial charge in [-0.25, -0.2) is 4.98 Å². The number of hydrogen-bond acceptors (Lipinski definition) is 7. The molecule has 42 heavy (non-hydrogen) atoms. The number of imidazole rings is 1. The SMILES string of the molecule is Cc1cccn2c(C)c(/C(O)=C3\C(=O)C(=O)N(CCN4CCOCC4)C3c3cccc(OCc4ccccc4)c3)nc12. The van der Waals surface area contributed by atoms with Gasteiger partial charge in [-0.1, -0.05) is 48.5 Å². The molecule has 9 heteroatoms. The van der Waals surface area contributed by atoms with E-state index in [4.69, 9.17) is 14.5 Å². The number of ketones is 1. The molecule has 2 aliphatic rings. The maximum absolute atomic E-state index is 13.6. The molecule has 6 rings (SSSR count). The van der Waals surface area contributed by atoms with Gasteiger partial charge in [0.1, 0.15) is 23.7 Å². The number of nitrogens with zero attached hydrogens (tertiary/aromatic N) is 4. The van der Waals surface area contributed by atoms with E-state index in [1.54, 1.807) is 4.90 Å². The monoisotopic (exact) mass is 566 g/mol. The van der Waals surface area contributed by atoms with Gasteiger partial charge in [-0.3, -0.25) is 14.5 Å². The number of aryl methyl sites for hydroxylation is 2. The Morgan fingerprint density at radius 2 is 1.79 bits per heavy atom. The number of rotatable bonds is 8. The minimum Gasteiger partial charge on any atom is -0.505 e. The number of Topliss-reactive ketones (excluding diaryl/α,β-unsaturated/α-hetero) is 1. The zero-order valence-corrected chi connectivity index (χ0v) is 23.8. The highest BCUT2D eigenvalue weighted by molar-refractivity contribution is 6.46. The Bertz CT molecular complexity index is 1660. The van der Waals surface area contributed by atoms with Crippen LogP contribution in [0.15, 0.2) is 78.5 Å². The second-order valence-corrected chi connectivity index (χ2v) is 10.7. The van der Waals surface area contributed by atoms with Crippen molar-refractivity contribution in [3.8, 4) is 5.75 Å². The topological polar surface area (TPSA) is 96.6 Å². The second kappa shape index (κ2) is 11.8. The van der Waals surface area contributed by atoms with Gasteiger partial charge >= 0.3 is 0 Å². The predicted octanol–water partition coefficient (Wildman–Crippen LogP) is 4.28. The summed E-state index contributed by atoms with van der Waals surface area (Å²) in [5.41, 5.74) is 4.34. The summed E-state index contributed by atoms with van der Waals surface area (Å²) in [5.74, 6) is -1.02. The van der Waals surface area contributed by atoms with Crippen LogP contribution in [0.5, 0.6) is 5.75 Å². The number of carbonyl (C=O) groups is 2. The number of fused-ring (bicyclic) bond motifs is 1. The first kappa shape index (κ1) is 27.7. The van der Waals surface area contributed by atoms with Gasteiger partial charge in [-0.2, -0.15) is 0 Å². The maximum Gasteiger partial charge on any atom is 0.295 e. The summed E-state index contributed by atoms with van der Waals surface area (Å²) in [7, 11) is 0. The van der Waals surface area contributed by atoms with Crippen LogP contribution < -0.4 is 4.74 Å². The molecule has 4 heterocycles. The first-order valence-electron chi connectivity index (χ1n) is 14.2. The first-order valence-corrected chi connectivity index (χ1v) is 14.2. The molecule has 0 bridgehead atoms. The van der Waals surface area contributed by atoms with Crippen molar-refractivity contribution in [2.45, 2.75) is 26.5 Å². The zero-order valence-electron chi connectivity index (χ0n) is 23.8. The lowest BCUT2D eigenvalue weighted by molar-refractivity contribution is -0.140. The quantitative estimate of drug-likeness (QED) is 0.193. The largest absolute Gasteiger partial charge is 0.505 e. The number of carbonyl (C=O) groups excluding carboxylic acids is 2. The number of likely N-dealkylation sites (tertiary alicyclic amines) is 1. The normalized spacial score (nSPS) is 19.1. The van der Waals surface area contributed by atoms with Crippen LogP contribution in [0.25, 0.3) is 11.4 Å². The van der Waals surface area contributed by atoms with Crippen molar-refractivity contribution in [3.05, 3.63) is 107 Å². The highest BCUT2D eigenvalue weighted by atomic mass is 16.5. The fourth-order valence-electron chi connectivity index (χ4n) is 5.72. The lowest BCUT2D eigenvalue weighted by Crippen LogP contribution is -2.42. The number of ether oxygens (including phenoxy) is 2. The van der Waals surface area contributed by atoms with Gasteiger partial charge in [0.25, 0.3) is 11.7 Å². The third-order valence-electron chi connectivity index (χ3n) is 8.03. The standard InChI is InChI=1S/C33H34N4O5/c1-22-8-7-13-36-23(2)28(34-32(22)36)30(38)27-29(37(33(40)31(27)39)15-14-35-16-18-41-19-17-35)25-11-6-12-26(20-25)42-21-24-9-4-3-5-10-24/h3-13,20,29,38H,14-19,21H2,1-2H3/b30-27+. The summed E-state index contributed by atoms with van der Waals surface area (Å²) < 4.78 is 13.4. The molecule has 2 aromatic carbocycles. The summed E-state index contributed by atoms with van der Waals surface area (Å²) >= 11 is 0. The highest BCUT2D eigenvalue weighted by Crippen LogP contribution is 2.40. The summed E-state index contributed by atoms with van der Waals surface area (Å²) in [6, 6.07) is 20.3. The third kappa shape index (κ3) is 5.29. The smallest absolute Gasteiger partial charge is 0.295 e. The van der Waals surface area contributed by atoms with Crippen molar-refractivity contribution in [2.24, 2.45) is 0 Å². The third-order valence-corrected chi connectivity index (χ3v) is 8.03. The van der Waals surface area contributed by atoms with E-state index in [0.717, 1.165) is 24.2 Å². The molecule has 1 amide bonds. The number of aromatic nitrogens is 2. The number of aliphatic hydroxyl groups excluding tert-OH is 1. The molecule has 4 aromatic rings. The molecule has 0 saturated carbocycles. The molecule has 1 N–H and O–H groups in total. The van der Waals surface area contributed by atoms with Gasteiger partial charge < -0.3 is 23.9 Å². The molecule has 2 aromatic heterocycles. The van der Waals surface area contributed by atoms with E-state index >= 15 is 0 Å². The van der Waals surface area contributed by atoms with Crippen LogP contribution in [0.4, 0.5) is 0 Å². The molecule has 0 spiro atoms. The van der Waals surface area contributed by atoms with E-state index in [9.17, 15) is 14.7 Å². The predicted molar refractivity (Wildman–Crippen MR) is 158 cm³/mol. The van der Waals surface area contributed by atoms with E-state index in [1.807, 2.05) is 91.2 Å². The van der Waals surface area contributed by atoms with Gasteiger partial charge in [0, 0.05) is 32.4 Å². The number of pyridine rings is 1. The number of morpholine rings is 1. The van der Waals surface area contributed by atoms with Gasteiger partial charge in [-0.05, 0) is 48.7 Å². The zero-order chi connectivity index (χ0) is 29.2. The van der Waals surface area contributed by atoms with Gasteiger partial charge in [0.15, 0.2) is 5.76 Å². The van der Waals surface area contributed by atoms with E-state index in [1.165, 1.54) is 0 Å². The van der Waals surface area contributed by atoms with E-state index in [2.05, 4.69) is 4.90 Å². The molecule has 2 saturated heterocycles. The molecular formula is C33H34N4O5. The summed E-state index contributed by atoms with van der Waals surface area (Å²) in [6.45, 7) is 7.86. The second-order valence-electron chi connectivity index (χ2n) is 10.7. The average Bonchev–Trinajstić information content (AvgIpc) is 3.49. The maximum atomic E-state index is 13.6. The Morgan fingerprint density at radius 1 is 1.00 bits per heavy atom. The van der Waals surface area contributed by atoms with Crippen molar-refractivity contribution < 1.29 is 24.2 Å². The molecule has 1 unspecified atom stereocenters. The molecule has 216 valence electrons. The fourth-order valence-corrected chi connectivity index (χ4v) is 5.72. The van der Waals surface area contributed by atoms with Gasteiger partial charge in [-0.15, -0.1) is 0 Å². The molecule has 2 fully saturated rings. The summed E-state index contributed by atoms with van der Waals surface area (Å²) in [5, 5.41) is 11.7. The van der Waals surface area contributed by atoms with Crippen LogP contribution in [0.3, 0.4) is 0 Å². The molecule has 0 radical (unpaired) electrons. The van der Waals surface area contributed by atoms with Crippen LogP contribution in [-0.4, -0.2) is 75.4 Å². The highest BCUT2D eigenvalue weighted by Gasteiger charge is 2.46. The van der Waals surface area contributed by atoms with Crippen molar-refractivity contribution in [3.63, 3.8) is 0 Å². The Hall–Kier alpha value is -4.47. The van der Waals surface area contributed by atoms with Crippen LogP contribution >= 0.6 is 0 Å². The van der Waals surface area contributed by atoms with Crippen LogP contribution in [0, 0.1) is 13.8 Å². The van der Waals surface area contributed by atoms with E-state index in [0.29, 0.717) is 55.6 Å². The molecule has 0 aliphatic carbocycles. The summed E-state index contributed by atoms with van der Waals surface area (Å²) in [6.07, 6.45) is 1.87. The van der Waals surface area contributed by atoms with Crippen molar-refractivity contribution >= 4 is 23.1 Å². The Kier molecular flexibility index (Phi) is 7.78. The number of aliphatic hydroxyl groups is 1. The molecule has 1 atom stereocenters. The number of benzene rings is 2. The van der Waals surface area contributed by atoms with Crippen LogP contribution in [0.2, 0.25) is 0 Å². The van der Waals surface area contributed by atoms with Crippen molar-refractivity contribution in [1.82, 2.24) is 19.2 Å². The van der Waals surface area contributed by atoms with Gasteiger partial charge in [0.05, 0.1) is 30.5 Å². The molecule has 2 aliphatic heterocycles. The fraction of sp³-hybridized carbons (Fsp3) is 0.303. The van der Waals surface area contributed by atoms with Crippen LogP contribution in [0.1, 0.15) is 34.1 Å². The van der Waals surface area contributed by atoms with Gasteiger partial charge in [0.2, 0.25) is 0 Å². The van der Waals surface area contributed by atoms with Crippen molar-refractivity contribution in [2.75, 3.05) is 39.4 Å². The minimum atomic E-state index is -0.795. The number of hydrogen-bond donors (Lipinski definition) is 1. The Morgan fingerprint density at radius 3 is 2.55 bits per heavy atom. The molecule has 9 nitrogen and oxygen atoms in total. The van der Waals surface area contributed by atoms with E-state index < -0.39 is 17.7 Å². The molecular weight excluding hydrogens is 532 g/mol. The minimum absolute atomic E-state index is 0.0337. The lowest BCUT2D eigenvalue weighted by Gasteiger charge is -2.31. The Labute approximate surface area is 244 Å². The first-order chi connectivity index (χ1) is 20.4. The number of amides is 1. The van der Waals surface area contributed by atoms with Crippen molar-refractivity contribution in [1.29, 1.82) is 0 Å². The lowest BCUT2D eigenvalue weighted by atomic mass is 9.96. The Balaban J connectivity index is 1.40. The summed E-state index contributed by atoms with van der Waals surface area (Å²) in [4.78, 5) is 35.7. The average molecular weight is 567 g/mol.